The molecule has 0 spiro atoms. The van der Waals surface area contributed by atoms with E-state index in [9.17, 15) is 4.79 Å². The lowest BCUT2D eigenvalue weighted by Crippen LogP contribution is -2.50. The fourth-order valence-electron chi connectivity index (χ4n) is 3.99. The Morgan fingerprint density at radius 1 is 1.10 bits per heavy atom. The van der Waals surface area contributed by atoms with Crippen molar-refractivity contribution in [3.8, 4) is 5.75 Å². The molecule has 0 fully saturated rings. The zero-order valence-electron chi connectivity index (χ0n) is 17.3. The van der Waals surface area contributed by atoms with Crippen LogP contribution < -0.4 is 20.6 Å². The second-order valence-corrected chi connectivity index (χ2v) is 8.12. The number of para-hydroxylation sites is 1. The van der Waals surface area contributed by atoms with Crippen LogP contribution in [-0.2, 0) is 4.79 Å². The Labute approximate surface area is 184 Å². The SMILES string of the molecule is CCCOc1ccc2ccccc2c1C1N=c2ccccc2=C2C(=O)NC(SC)=NN21. The van der Waals surface area contributed by atoms with Gasteiger partial charge in [0.05, 0.1) is 12.0 Å². The number of nitrogens with one attached hydrogen (secondary N) is 1. The average Bonchev–Trinajstić information content (AvgIpc) is 2.81. The van der Waals surface area contributed by atoms with Gasteiger partial charge in [-0.3, -0.25) is 15.1 Å². The maximum absolute atomic E-state index is 13.1. The van der Waals surface area contributed by atoms with Crippen LogP contribution in [0.15, 0.2) is 70.8 Å². The van der Waals surface area contributed by atoms with E-state index in [-0.39, 0.29) is 5.91 Å². The van der Waals surface area contributed by atoms with Crippen LogP contribution in [0, 0.1) is 0 Å². The minimum atomic E-state index is -0.518. The van der Waals surface area contributed by atoms with E-state index in [0.717, 1.165) is 39.1 Å². The minimum absolute atomic E-state index is 0.178. The predicted molar refractivity (Wildman–Crippen MR) is 124 cm³/mol. The van der Waals surface area contributed by atoms with Crippen molar-refractivity contribution in [3.05, 3.63) is 76.8 Å². The molecule has 0 saturated heterocycles. The van der Waals surface area contributed by atoms with Crippen LogP contribution in [0.5, 0.6) is 5.75 Å². The molecule has 2 aliphatic rings. The number of amides is 1. The van der Waals surface area contributed by atoms with Crippen molar-refractivity contribution in [3.63, 3.8) is 0 Å². The number of amidine groups is 1. The van der Waals surface area contributed by atoms with Crippen LogP contribution in [0.4, 0.5) is 0 Å². The van der Waals surface area contributed by atoms with Gasteiger partial charge in [-0.25, -0.2) is 5.01 Å². The molecule has 0 bridgehead atoms. The number of ether oxygens (including phenoxy) is 1. The number of carbonyl (C=O) groups is 1. The summed E-state index contributed by atoms with van der Waals surface area (Å²) in [6.45, 7) is 2.68. The van der Waals surface area contributed by atoms with Gasteiger partial charge >= 0.3 is 0 Å². The van der Waals surface area contributed by atoms with E-state index >= 15 is 0 Å². The van der Waals surface area contributed by atoms with E-state index in [2.05, 4.69) is 30.4 Å². The normalized spacial score (nSPS) is 17.4. The first-order valence-corrected chi connectivity index (χ1v) is 11.5. The Morgan fingerprint density at radius 2 is 1.90 bits per heavy atom. The summed E-state index contributed by atoms with van der Waals surface area (Å²) in [5.41, 5.74) is 1.42. The second kappa shape index (κ2) is 8.07. The lowest BCUT2D eigenvalue weighted by atomic mass is 9.99. The fourth-order valence-corrected chi connectivity index (χ4v) is 4.35. The number of benzene rings is 3. The van der Waals surface area contributed by atoms with Gasteiger partial charge in [0.25, 0.3) is 5.91 Å². The monoisotopic (exact) mass is 430 g/mol. The van der Waals surface area contributed by atoms with E-state index in [1.165, 1.54) is 11.8 Å². The summed E-state index contributed by atoms with van der Waals surface area (Å²) < 4.78 is 6.15. The Kier molecular flexibility index (Phi) is 5.11. The van der Waals surface area contributed by atoms with Gasteiger partial charge in [0.2, 0.25) is 0 Å². The van der Waals surface area contributed by atoms with Gasteiger partial charge in [0.1, 0.15) is 11.4 Å². The summed E-state index contributed by atoms with van der Waals surface area (Å²) in [4.78, 5) is 18.2. The molecule has 1 amide bonds. The highest BCUT2D eigenvalue weighted by atomic mass is 32.2. The summed E-state index contributed by atoms with van der Waals surface area (Å²) in [6.07, 6.45) is 2.27. The molecule has 2 heterocycles. The van der Waals surface area contributed by atoms with E-state index < -0.39 is 6.17 Å². The molecular formula is C24H22N4O2S. The third-order valence-corrected chi connectivity index (χ3v) is 5.93. The second-order valence-electron chi connectivity index (χ2n) is 7.32. The Morgan fingerprint density at radius 3 is 2.74 bits per heavy atom. The maximum atomic E-state index is 13.1. The van der Waals surface area contributed by atoms with E-state index in [0.29, 0.717) is 17.5 Å². The molecule has 1 unspecified atom stereocenters. The van der Waals surface area contributed by atoms with Crippen molar-refractivity contribution in [1.82, 2.24) is 10.3 Å². The Bertz CT molecular complexity index is 1330. The van der Waals surface area contributed by atoms with Gasteiger partial charge in [-0.2, -0.15) is 0 Å². The molecule has 7 heteroatoms. The molecular weight excluding hydrogens is 408 g/mol. The quantitative estimate of drug-likeness (QED) is 0.691. The standard InChI is InChI=1S/C24H22N4O2S/c1-3-14-30-19-13-12-15-8-4-5-9-16(15)20(19)22-25-18-11-7-6-10-17(18)21-23(29)26-24(31-2)27-28(21)22/h4-13,22H,3,14H2,1-2H3,(H,26,27,29). The number of fused-ring (bicyclic) bond motifs is 3. The van der Waals surface area contributed by atoms with Crippen molar-refractivity contribution >= 4 is 39.3 Å². The molecule has 5 rings (SSSR count). The summed E-state index contributed by atoms with van der Waals surface area (Å²) in [7, 11) is 0. The molecule has 6 nitrogen and oxygen atoms in total. The minimum Gasteiger partial charge on any atom is -0.493 e. The van der Waals surface area contributed by atoms with Crippen molar-refractivity contribution < 1.29 is 9.53 Å². The van der Waals surface area contributed by atoms with Crippen LogP contribution in [-0.4, -0.2) is 28.9 Å². The summed E-state index contributed by atoms with van der Waals surface area (Å²) >= 11 is 1.40. The van der Waals surface area contributed by atoms with Crippen molar-refractivity contribution in [2.45, 2.75) is 19.5 Å². The molecule has 2 aliphatic heterocycles. The van der Waals surface area contributed by atoms with Gasteiger partial charge in [-0.1, -0.05) is 67.2 Å². The molecule has 3 aromatic carbocycles. The summed E-state index contributed by atoms with van der Waals surface area (Å²) in [5.74, 6) is 0.586. The maximum Gasteiger partial charge on any atom is 0.276 e. The zero-order chi connectivity index (χ0) is 21.4. The fraction of sp³-hybridized carbons (Fsp3) is 0.208. The number of carbonyl (C=O) groups excluding carboxylic acids is 1. The van der Waals surface area contributed by atoms with Crippen LogP contribution in [0.2, 0.25) is 0 Å². The van der Waals surface area contributed by atoms with Crippen LogP contribution in [0.1, 0.15) is 25.1 Å². The lowest BCUT2D eigenvalue weighted by molar-refractivity contribution is -0.116. The predicted octanol–water partition coefficient (Wildman–Crippen LogP) is 3.13. The van der Waals surface area contributed by atoms with Crippen molar-refractivity contribution in [1.29, 1.82) is 0 Å². The highest BCUT2D eigenvalue weighted by molar-refractivity contribution is 8.13. The van der Waals surface area contributed by atoms with Crippen LogP contribution in [0.3, 0.4) is 0 Å². The van der Waals surface area contributed by atoms with Gasteiger partial charge in [0.15, 0.2) is 11.3 Å². The summed E-state index contributed by atoms with van der Waals surface area (Å²) in [6, 6.07) is 19.9. The molecule has 0 saturated carbocycles. The highest BCUT2D eigenvalue weighted by Gasteiger charge is 2.36. The third-order valence-electron chi connectivity index (χ3n) is 5.36. The first-order chi connectivity index (χ1) is 15.2. The number of hydrogen-bond donors (Lipinski definition) is 1. The Balaban J connectivity index is 1.82. The van der Waals surface area contributed by atoms with Gasteiger partial charge in [-0.15, -0.1) is 5.10 Å². The number of thioether (sulfide) groups is 1. The van der Waals surface area contributed by atoms with E-state index in [1.807, 2.05) is 48.7 Å². The van der Waals surface area contributed by atoms with Crippen LogP contribution in [0.25, 0.3) is 16.5 Å². The van der Waals surface area contributed by atoms with Crippen LogP contribution >= 0.6 is 11.8 Å². The largest absolute Gasteiger partial charge is 0.493 e. The molecule has 1 atom stereocenters. The molecule has 0 radical (unpaired) electrons. The first-order valence-electron chi connectivity index (χ1n) is 10.3. The number of hydrogen-bond acceptors (Lipinski definition) is 6. The highest BCUT2D eigenvalue weighted by Crippen LogP contribution is 2.40. The first kappa shape index (κ1) is 19.6. The third kappa shape index (κ3) is 3.35. The average molecular weight is 431 g/mol. The van der Waals surface area contributed by atoms with Crippen molar-refractivity contribution in [2.24, 2.45) is 10.1 Å². The summed E-state index contributed by atoms with van der Waals surface area (Å²) in [5, 5.41) is 13.6. The molecule has 0 aliphatic carbocycles. The molecule has 0 aromatic heterocycles. The Hall–Kier alpha value is -3.32. The smallest absolute Gasteiger partial charge is 0.276 e. The van der Waals surface area contributed by atoms with Gasteiger partial charge in [-0.05, 0) is 35.6 Å². The molecule has 31 heavy (non-hydrogen) atoms. The van der Waals surface area contributed by atoms with E-state index in [4.69, 9.17) is 14.8 Å². The number of rotatable bonds is 4. The molecule has 156 valence electrons. The zero-order valence-corrected chi connectivity index (χ0v) is 18.1. The topological polar surface area (TPSA) is 66.3 Å². The van der Waals surface area contributed by atoms with Gasteiger partial charge < -0.3 is 4.74 Å². The number of hydrazone groups is 1. The molecule has 1 N–H and O–H groups in total. The van der Waals surface area contributed by atoms with E-state index in [1.54, 1.807) is 5.01 Å². The number of nitrogens with zero attached hydrogens (tertiary/aromatic N) is 3. The lowest BCUT2D eigenvalue weighted by Gasteiger charge is -2.35. The van der Waals surface area contributed by atoms with Crippen molar-refractivity contribution in [2.75, 3.05) is 12.9 Å². The molecule has 3 aromatic rings. The van der Waals surface area contributed by atoms with Gasteiger partial charge in [0, 0.05) is 10.8 Å².